The maximum Gasteiger partial charge on any atom is 0.0462 e. The summed E-state index contributed by atoms with van der Waals surface area (Å²) in [5.74, 6) is 0. The van der Waals surface area contributed by atoms with Crippen LogP contribution >= 0.6 is 0 Å². The van der Waals surface area contributed by atoms with Gasteiger partial charge in [0.05, 0.1) is 0 Å². The first-order chi connectivity index (χ1) is 26.1. The summed E-state index contributed by atoms with van der Waals surface area (Å²) in [6, 6.07) is 72.6. The molecule has 0 saturated carbocycles. The SMILES string of the molecule is CCCc1ccccc1-c1cc(-c2ccc(N(c3ccc(-c4ccccc4)cc3)c3ccc(-c4ccc(-c5ccccc5)cc4)cc3)cc2)ccc1C. The average Bonchev–Trinajstić information content (AvgIpc) is 3.23. The molecule has 0 amide bonds. The Morgan fingerprint density at radius 3 is 1.15 bits per heavy atom. The minimum absolute atomic E-state index is 1.08. The Labute approximate surface area is 314 Å². The summed E-state index contributed by atoms with van der Waals surface area (Å²) in [4.78, 5) is 2.35. The second kappa shape index (κ2) is 15.4. The van der Waals surface area contributed by atoms with Crippen LogP contribution in [-0.2, 0) is 6.42 Å². The van der Waals surface area contributed by atoms with Crippen molar-refractivity contribution in [2.75, 3.05) is 4.90 Å². The van der Waals surface area contributed by atoms with Gasteiger partial charge in [-0.25, -0.2) is 0 Å². The summed E-state index contributed by atoms with van der Waals surface area (Å²) < 4.78 is 0. The van der Waals surface area contributed by atoms with Gasteiger partial charge >= 0.3 is 0 Å². The summed E-state index contributed by atoms with van der Waals surface area (Å²) in [7, 11) is 0. The number of benzene rings is 8. The molecule has 0 fully saturated rings. The van der Waals surface area contributed by atoms with Crippen LogP contribution in [0.3, 0.4) is 0 Å². The van der Waals surface area contributed by atoms with Crippen LogP contribution in [0.4, 0.5) is 17.1 Å². The van der Waals surface area contributed by atoms with Gasteiger partial charge in [-0.15, -0.1) is 0 Å². The summed E-state index contributed by atoms with van der Waals surface area (Å²) in [5.41, 5.74) is 18.4. The molecule has 1 heteroatoms. The van der Waals surface area contributed by atoms with Gasteiger partial charge in [-0.3, -0.25) is 0 Å². The molecule has 1 nitrogen and oxygen atoms in total. The van der Waals surface area contributed by atoms with E-state index in [2.05, 4.69) is 219 Å². The van der Waals surface area contributed by atoms with Crippen LogP contribution < -0.4 is 4.90 Å². The smallest absolute Gasteiger partial charge is 0.0462 e. The van der Waals surface area contributed by atoms with Gasteiger partial charge in [0.1, 0.15) is 0 Å². The van der Waals surface area contributed by atoms with Crippen molar-refractivity contribution >= 4 is 17.1 Å². The zero-order chi connectivity index (χ0) is 36.0. The largest absolute Gasteiger partial charge is 0.311 e. The van der Waals surface area contributed by atoms with Crippen LogP contribution in [-0.4, -0.2) is 0 Å². The van der Waals surface area contributed by atoms with Gasteiger partial charge in [0.2, 0.25) is 0 Å². The third-order valence-electron chi connectivity index (χ3n) is 10.2. The van der Waals surface area contributed by atoms with Crippen molar-refractivity contribution in [2.24, 2.45) is 0 Å². The molecule has 0 aliphatic carbocycles. The molecule has 0 saturated heterocycles. The van der Waals surface area contributed by atoms with E-state index in [0.29, 0.717) is 0 Å². The Morgan fingerprint density at radius 1 is 0.340 bits per heavy atom. The van der Waals surface area contributed by atoms with E-state index in [1.165, 1.54) is 66.8 Å². The Balaban J connectivity index is 1.13. The van der Waals surface area contributed by atoms with Crippen LogP contribution in [0.2, 0.25) is 0 Å². The van der Waals surface area contributed by atoms with Crippen molar-refractivity contribution in [3.63, 3.8) is 0 Å². The highest BCUT2D eigenvalue weighted by Gasteiger charge is 2.15. The summed E-state index contributed by atoms with van der Waals surface area (Å²) in [6.07, 6.45) is 2.21. The van der Waals surface area contributed by atoms with Crippen molar-refractivity contribution < 1.29 is 0 Å². The second-order valence-electron chi connectivity index (χ2n) is 13.7. The van der Waals surface area contributed by atoms with Gasteiger partial charge in [0.15, 0.2) is 0 Å². The minimum atomic E-state index is 1.08. The van der Waals surface area contributed by atoms with Crippen molar-refractivity contribution in [3.05, 3.63) is 211 Å². The first kappa shape index (κ1) is 33.7. The highest BCUT2D eigenvalue weighted by molar-refractivity contribution is 5.83. The Kier molecular flexibility index (Phi) is 9.81. The van der Waals surface area contributed by atoms with Crippen molar-refractivity contribution in [2.45, 2.75) is 26.7 Å². The predicted molar refractivity (Wildman–Crippen MR) is 227 cm³/mol. The van der Waals surface area contributed by atoms with Crippen molar-refractivity contribution in [3.8, 4) is 55.6 Å². The molecule has 0 bridgehead atoms. The summed E-state index contributed by atoms with van der Waals surface area (Å²) in [5, 5.41) is 0. The number of hydrogen-bond acceptors (Lipinski definition) is 1. The molecule has 0 radical (unpaired) electrons. The van der Waals surface area contributed by atoms with Crippen LogP contribution in [0.25, 0.3) is 55.6 Å². The van der Waals surface area contributed by atoms with E-state index >= 15 is 0 Å². The fraction of sp³-hybridized carbons (Fsp3) is 0.0769. The molecular formula is C52H43N. The molecule has 53 heavy (non-hydrogen) atoms. The fourth-order valence-corrected chi connectivity index (χ4v) is 7.33. The van der Waals surface area contributed by atoms with Gasteiger partial charge in [-0.1, -0.05) is 171 Å². The van der Waals surface area contributed by atoms with Gasteiger partial charge in [-0.05, 0) is 123 Å². The number of anilines is 3. The Bertz CT molecular complexity index is 2410. The molecule has 0 atom stereocenters. The third kappa shape index (κ3) is 7.34. The molecule has 0 unspecified atom stereocenters. The maximum absolute atomic E-state index is 2.37. The molecule has 8 rings (SSSR count). The van der Waals surface area contributed by atoms with Gasteiger partial charge in [0, 0.05) is 17.1 Å². The Morgan fingerprint density at radius 2 is 0.698 bits per heavy atom. The van der Waals surface area contributed by atoms with E-state index < -0.39 is 0 Å². The van der Waals surface area contributed by atoms with Gasteiger partial charge < -0.3 is 4.90 Å². The average molecular weight is 682 g/mol. The highest BCUT2D eigenvalue weighted by atomic mass is 15.1. The van der Waals surface area contributed by atoms with Crippen LogP contribution in [0.1, 0.15) is 24.5 Å². The standard InChI is InChI=1S/C52H43N/c1-3-12-46-17-10-11-18-51(46)52-37-47(20-19-38(52)2)45-29-35-50(36-30-45)53(48-31-25-43(26-32-48)40-15-8-5-9-16-40)49-33-27-44(28-34-49)42-23-21-41(22-24-42)39-13-6-4-7-14-39/h4-11,13-37H,3,12H2,1-2H3. The molecule has 256 valence electrons. The van der Waals surface area contributed by atoms with Crippen LogP contribution in [0, 0.1) is 6.92 Å². The fourth-order valence-electron chi connectivity index (χ4n) is 7.33. The lowest BCUT2D eigenvalue weighted by Gasteiger charge is -2.26. The number of hydrogen-bond donors (Lipinski definition) is 0. The van der Waals surface area contributed by atoms with Crippen LogP contribution in [0.5, 0.6) is 0 Å². The molecule has 0 spiro atoms. The zero-order valence-corrected chi connectivity index (χ0v) is 30.4. The van der Waals surface area contributed by atoms with Gasteiger partial charge in [-0.2, -0.15) is 0 Å². The predicted octanol–water partition coefficient (Wildman–Crippen LogP) is 14.8. The third-order valence-corrected chi connectivity index (χ3v) is 10.2. The molecule has 0 heterocycles. The summed E-state index contributed by atoms with van der Waals surface area (Å²) in [6.45, 7) is 4.47. The summed E-state index contributed by atoms with van der Waals surface area (Å²) >= 11 is 0. The molecule has 0 N–H and O–H groups in total. The van der Waals surface area contributed by atoms with Gasteiger partial charge in [0.25, 0.3) is 0 Å². The zero-order valence-electron chi connectivity index (χ0n) is 30.4. The topological polar surface area (TPSA) is 3.24 Å². The first-order valence-corrected chi connectivity index (χ1v) is 18.7. The number of aryl methyl sites for hydroxylation is 2. The molecule has 8 aromatic carbocycles. The lowest BCUT2D eigenvalue weighted by Crippen LogP contribution is -2.09. The van der Waals surface area contributed by atoms with Crippen molar-refractivity contribution in [1.29, 1.82) is 0 Å². The van der Waals surface area contributed by atoms with Crippen molar-refractivity contribution in [1.82, 2.24) is 0 Å². The normalized spacial score (nSPS) is 11.0. The van der Waals surface area contributed by atoms with E-state index in [1.54, 1.807) is 0 Å². The molecular weight excluding hydrogens is 639 g/mol. The second-order valence-corrected chi connectivity index (χ2v) is 13.7. The quantitative estimate of drug-likeness (QED) is 0.139. The molecule has 0 aliphatic rings. The molecule has 0 aromatic heterocycles. The lowest BCUT2D eigenvalue weighted by atomic mass is 9.91. The van der Waals surface area contributed by atoms with E-state index in [-0.39, 0.29) is 0 Å². The highest BCUT2D eigenvalue weighted by Crippen LogP contribution is 2.39. The number of rotatable bonds is 10. The van der Waals surface area contributed by atoms with E-state index in [9.17, 15) is 0 Å². The van der Waals surface area contributed by atoms with Crippen LogP contribution in [0.15, 0.2) is 200 Å². The number of nitrogens with zero attached hydrogens (tertiary/aromatic N) is 1. The Hall–Kier alpha value is -6.44. The van der Waals surface area contributed by atoms with E-state index in [1.807, 2.05) is 0 Å². The maximum atomic E-state index is 2.37. The van der Waals surface area contributed by atoms with E-state index in [0.717, 1.165) is 29.9 Å². The van der Waals surface area contributed by atoms with E-state index in [4.69, 9.17) is 0 Å². The lowest BCUT2D eigenvalue weighted by molar-refractivity contribution is 0.923. The first-order valence-electron chi connectivity index (χ1n) is 18.7. The molecule has 8 aromatic rings. The monoisotopic (exact) mass is 681 g/mol. The molecule has 0 aliphatic heterocycles. The minimum Gasteiger partial charge on any atom is -0.311 e.